The van der Waals surface area contributed by atoms with E-state index in [2.05, 4.69) is 231 Å². The molecular formula is C56H38N2. The van der Waals surface area contributed by atoms with E-state index in [0.29, 0.717) is 5.82 Å². The topological polar surface area (TPSA) is 25.8 Å². The molecule has 2 nitrogen and oxygen atoms in total. The van der Waals surface area contributed by atoms with Gasteiger partial charge in [0.05, 0.1) is 11.2 Å². The maximum absolute atomic E-state index is 5.36. The molecule has 0 aliphatic carbocycles. The second-order valence-electron chi connectivity index (χ2n) is 14.6. The first kappa shape index (κ1) is 34.8. The van der Waals surface area contributed by atoms with Crippen molar-refractivity contribution < 1.29 is 0 Å². The van der Waals surface area contributed by atoms with Crippen LogP contribution in [0.3, 0.4) is 0 Å². The average Bonchev–Trinajstić information content (AvgIpc) is 3.32. The fraction of sp³-hybridized carbons (Fsp3) is 0. The predicted octanol–water partition coefficient (Wildman–Crippen LogP) is 15.0. The van der Waals surface area contributed by atoms with Crippen LogP contribution in [0.25, 0.3) is 100 Å². The van der Waals surface area contributed by atoms with Crippen LogP contribution in [0.4, 0.5) is 0 Å². The van der Waals surface area contributed by atoms with E-state index < -0.39 is 0 Å². The van der Waals surface area contributed by atoms with Crippen molar-refractivity contribution >= 4 is 10.9 Å². The lowest BCUT2D eigenvalue weighted by Gasteiger charge is -2.14. The van der Waals surface area contributed by atoms with Crippen molar-refractivity contribution in [1.82, 2.24) is 9.97 Å². The Bertz CT molecular complexity index is 2990. The third-order valence-electron chi connectivity index (χ3n) is 10.8. The van der Waals surface area contributed by atoms with Gasteiger partial charge >= 0.3 is 0 Å². The number of benzene rings is 9. The summed E-state index contributed by atoms with van der Waals surface area (Å²) in [6.45, 7) is 0. The number of para-hydroxylation sites is 1. The van der Waals surface area contributed by atoms with Crippen LogP contribution in [0.2, 0.25) is 0 Å². The molecule has 58 heavy (non-hydrogen) atoms. The molecule has 0 saturated carbocycles. The summed E-state index contributed by atoms with van der Waals surface area (Å²) in [5, 5.41) is 1.02. The summed E-state index contributed by atoms with van der Waals surface area (Å²) in [6, 6.07) is 81.9. The highest BCUT2D eigenvalue weighted by Gasteiger charge is 2.15. The highest BCUT2D eigenvalue weighted by molar-refractivity contribution is 5.96. The number of fused-ring (bicyclic) bond motifs is 1. The molecule has 0 aliphatic rings. The predicted molar refractivity (Wildman–Crippen MR) is 243 cm³/mol. The maximum atomic E-state index is 5.36. The molecule has 10 rings (SSSR count). The van der Waals surface area contributed by atoms with Crippen molar-refractivity contribution in [3.8, 4) is 89.4 Å². The number of hydrogen-bond donors (Lipinski definition) is 0. The number of nitrogens with zero attached hydrogens (tertiary/aromatic N) is 2. The quantitative estimate of drug-likeness (QED) is 0.155. The third kappa shape index (κ3) is 7.11. The summed E-state index contributed by atoms with van der Waals surface area (Å²) in [7, 11) is 0. The highest BCUT2D eigenvalue weighted by Crippen LogP contribution is 2.37. The summed E-state index contributed by atoms with van der Waals surface area (Å²) >= 11 is 0. The number of rotatable bonds is 8. The van der Waals surface area contributed by atoms with Crippen molar-refractivity contribution in [2.45, 2.75) is 0 Å². The molecule has 272 valence electrons. The molecular weight excluding hydrogens is 701 g/mol. The van der Waals surface area contributed by atoms with E-state index in [0.717, 1.165) is 50.0 Å². The first-order chi connectivity index (χ1) is 28.7. The van der Waals surface area contributed by atoms with Gasteiger partial charge in [0.1, 0.15) is 0 Å². The Balaban J connectivity index is 1.02. The molecule has 0 fully saturated rings. The van der Waals surface area contributed by atoms with Crippen LogP contribution in [0.5, 0.6) is 0 Å². The van der Waals surface area contributed by atoms with E-state index in [1.54, 1.807) is 0 Å². The molecule has 10 aromatic rings. The molecule has 9 aromatic carbocycles. The molecule has 0 radical (unpaired) electrons. The summed E-state index contributed by atoms with van der Waals surface area (Å²) < 4.78 is 0. The Morgan fingerprint density at radius 3 is 0.983 bits per heavy atom. The van der Waals surface area contributed by atoms with Crippen LogP contribution in [-0.2, 0) is 0 Å². The number of hydrogen-bond acceptors (Lipinski definition) is 2. The minimum atomic E-state index is 0.698. The van der Waals surface area contributed by atoms with E-state index in [4.69, 9.17) is 9.97 Å². The first-order valence-corrected chi connectivity index (χ1v) is 19.7. The fourth-order valence-electron chi connectivity index (χ4n) is 7.89. The van der Waals surface area contributed by atoms with Crippen molar-refractivity contribution in [2.24, 2.45) is 0 Å². The van der Waals surface area contributed by atoms with E-state index in [-0.39, 0.29) is 0 Å². The van der Waals surface area contributed by atoms with Gasteiger partial charge in [-0.1, -0.05) is 182 Å². The van der Waals surface area contributed by atoms with Crippen LogP contribution in [0, 0.1) is 0 Å². The largest absolute Gasteiger partial charge is 0.228 e. The monoisotopic (exact) mass is 738 g/mol. The van der Waals surface area contributed by atoms with Gasteiger partial charge in [0.15, 0.2) is 5.82 Å². The van der Waals surface area contributed by atoms with Crippen molar-refractivity contribution in [3.05, 3.63) is 231 Å². The first-order valence-electron chi connectivity index (χ1n) is 19.7. The second-order valence-corrected chi connectivity index (χ2v) is 14.6. The zero-order valence-electron chi connectivity index (χ0n) is 31.8. The zero-order valence-corrected chi connectivity index (χ0v) is 31.8. The Kier molecular flexibility index (Phi) is 9.27. The average molecular weight is 739 g/mol. The van der Waals surface area contributed by atoms with Gasteiger partial charge in [-0.2, -0.15) is 0 Å². The lowest BCUT2D eigenvalue weighted by molar-refractivity contribution is 1.23. The molecule has 0 saturated heterocycles. The second kappa shape index (κ2) is 15.5. The third-order valence-corrected chi connectivity index (χ3v) is 10.8. The minimum absolute atomic E-state index is 0.698. The molecule has 0 atom stereocenters. The van der Waals surface area contributed by atoms with Crippen LogP contribution in [0.15, 0.2) is 231 Å². The molecule has 1 heterocycles. The lowest BCUT2D eigenvalue weighted by Crippen LogP contribution is -1.96. The van der Waals surface area contributed by atoms with Crippen LogP contribution in [-0.4, -0.2) is 9.97 Å². The van der Waals surface area contributed by atoms with Gasteiger partial charge in [-0.25, -0.2) is 9.97 Å². The lowest BCUT2D eigenvalue weighted by atomic mass is 9.93. The van der Waals surface area contributed by atoms with Gasteiger partial charge < -0.3 is 0 Å². The highest BCUT2D eigenvalue weighted by atomic mass is 14.9. The molecule has 0 spiro atoms. The van der Waals surface area contributed by atoms with Gasteiger partial charge in [0, 0.05) is 16.5 Å². The standard InChI is InChI=1S/C56H38N2/c1-4-16-39(17-5-1)42-22-12-23-43(32-42)44-24-13-25-45(33-44)46-26-14-27-47(34-46)48-28-15-29-49(35-48)56-57-54-31-11-10-30-53(54)55(58-56)52-37-50(40-18-6-2-7-19-40)36-51(38-52)41-20-8-3-9-21-41/h1-38H. The van der Waals surface area contributed by atoms with Gasteiger partial charge in [-0.3, -0.25) is 0 Å². The Labute approximate surface area is 339 Å². The van der Waals surface area contributed by atoms with E-state index in [9.17, 15) is 0 Å². The SMILES string of the molecule is c1ccc(-c2cccc(-c3cccc(-c4cccc(-c5cccc(-c6nc(-c7cc(-c8ccccc8)cc(-c8ccccc8)c7)c7ccccc7n6)c5)c4)c3)c2)cc1. The summed E-state index contributed by atoms with van der Waals surface area (Å²) in [6.07, 6.45) is 0. The maximum Gasteiger partial charge on any atom is 0.160 e. The van der Waals surface area contributed by atoms with Crippen LogP contribution in [0.1, 0.15) is 0 Å². The van der Waals surface area contributed by atoms with Gasteiger partial charge in [0.25, 0.3) is 0 Å². The fourth-order valence-corrected chi connectivity index (χ4v) is 7.89. The Hall–Kier alpha value is -7.68. The molecule has 2 heteroatoms. The van der Waals surface area contributed by atoms with Crippen molar-refractivity contribution in [1.29, 1.82) is 0 Å². The Morgan fingerprint density at radius 2 is 0.517 bits per heavy atom. The molecule has 0 bridgehead atoms. The molecule has 1 aromatic heterocycles. The zero-order chi connectivity index (χ0) is 38.7. The molecule has 0 aliphatic heterocycles. The van der Waals surface area contributed by atoms with Crippen LogP contribution < -0.4 is 0 Å². The van der Waals surface area contributed by atoms with Gasteiger partial charge in [-0.05, 0) is 115 Å². The van der Waals surface area contributed by atoms with E-state index in [1.165, 1.54) is 44.5 Å². The van der Waals surface area contributed by atoms with Crippen molar-refractivity contribution in [3.63, 3.8) is 0 Å². The van der Waals surface area contributed by atoms with Crippen LogP contribution >= 0.6 is 0 Å². The summed E-state index contributed by atoms with van der Waals surface area (Å²) in [4.78, 5) is 10.5. The molecule has 0 unspecified atom stereocenters. The van der Waals surface area contributed by atoms with Crippen molar-refractivity contribution in [2.75, 3.05) is 0 Å². The van der Waals surface area contributed by atoms with E-state index >= 15 is 0 Å². The summed E-state index contributed by atoms with van der Waals surface area (Å²) in [5.41, 5.74) is 17.9. The van der Waals surface area contributed by atoms with Gasteiger partial charge in [0.2, 0.25) is 0 Å². The van der Waals surface area contributed by atoms with Gasteiger partial charge in [-0.15, -0.1) is 0 Å². The summed E-state index contributed by atoms with van der Waals surface area (Å²) in [5.74, 6) is 0.698. The Morgan fingerprint density at radius 1 is 0.207 bits per heavy atom. The normalized spacial score (nSPS) is 11.1. The molecule has 0 N–H and O–H groups in total. The smallest absolute Gasteiger partial charge is 0.160 e. The minimum Gasteiger partial charge on any atom is -0.228 e. The molecule has 0 amide bonds. The number of aromatic nitrogens is 2. The van der Waals surface area contributed by atoms with E-state index in [1.807, 2.05) is 0 Å².